The molecule has 0 aromatic carbocycles. The molecule has 6 aliphatic carbocycles. The van der Waals surface area contributed by atoms with Gasteiger partial charge in [-0.05, 0) is 123 Å². The summed E-state index contributed by atoms with van der Waals surface area (Å²) in [5, 5.41) is 0. The van der Waals surface area contributed by atoms with Crippen molar-refractivity contribution in [3.05, 3.63) is 22.3 Å². The maximum atomic E-state index is 13.8. The van der Waals surface area contributed by atoms with E-state index < -0.39 is 55.5 Å². The summed E-state index contributed by atoms with van der Waals surface area (Å²) in [4.78, 5) is 82.6. The fourth-order valence-corrected chi connectivity index (χ4v) is 13.5. The van der Waals surface area contributed by atoms with E-state index in [-0.39, 0.29) is 50.7 Å². The summed E-state index contributed by atoms with van der Waals surface area (Å²) in [6, 6.07) is 0. The average molecular weight is 745 g/mol. The Bertz CT molecular complexity index is 1790. The summed E-state index contributed by atoms with van der Waals surface area (Å²) in [6.45, 7) is 14.4. The van der Waals surface area contributed by atoms with Gasteiger partial charge in [-0.15, -0.1) is 0 Å². The number of nitrogens with zero attached hydrogens (tertiary/aromatic N) is 2. The molecule has 2 saturated heterocycles. The highest BCUT2D eigenvalue weighted by atomic mass is 16.7. The Morgan fingerprint density at radius 3 is 1.69 bits per heavy atom. The van der Waals surface area contributed by atoms with Gasteiger partial charge >= 0.3 is 11.9 Å². The van der Waals surface area contributed by atoms with Crippen LogP contribution in [-0.4, -0.2) is 65.2 Å². The SMILES string of the molecule is CC1(C)CCCC2=C1CCC1CC3C(=O)N(CC(=O)OCOC(=O)CN4C(=O)C5CC6(C)CCC7=C(CCCC7(C)C)C6(C)CC5C4=O)C(=O)C3CC21C. The molecule has 0 N–H and O–H groups in total. The van der Waals surface area contributed by atoms with Crippen molar-refractivity contribution >= 4 is 35.6 Å². The molecule has 8 aliphatic rings. The molecule has 0 aromatic rings. The zero-order valence-corrected chi connectivity index (χ0v) is 33.6. The quantitative estimate of drug-likeness (QED) is 0.123. The van der Waals surface area contributed by atoms with Gasteiger partial charge in [0, 0.05) is 0 Å². The van der Waals surface area contributed by atoms with E-state index in [2.05, 4.69) is 48.5 Å². The van der Waals surface area contributed by atoms with Crippen LogP contribution in [0, 0.1) is 56.7 Å². The maximum absolute atomic E-state index is 13.8. The standard InChI is InChI=1S/C44H60N2O8/c1-40(2)15-8-10-32-30(40)13-12-25-18-26-28(20-43(25,32)6)38(51)45(36(26)49)22-34(47)53-24-54-35(48)23-46-37(50)27-19-42(5)17-14-31-33(11-9-16-41(31,3)4)44(42,7)21-29(27)39(46)52/h25-29H,8-24H2,1-7H3. The number of amides is 4. The van der Waals surface area contributed by atoms with Crippen LogP contribution in [-0.2, 0) is 38.2 Å². The molecule has 0 spiro atoms. The Morgan fingerprint density at radius 1 is 0.593 bits per heavy atom. The molecular weight excluding hydrogens is 684 g/mol. The molecule has 8 unspecified atom stereocenters. The predicted octanol–water partition coefficient (Wildman–Crippen LogP) is 7.06. The Kier molecular flexibility index (Phi) is 8.78. The molecule has 4 amide bonds. The van der Waals surface area contributed by atoms with Gasteiger partial charge < -0.3 is 9.47 Å². The second-order valence-corrected chi connectivity index (χ2v) is 20.4. The van der Waals surface area contributed by atoms with Crippen molar-refractivity contribution in [3.8, 4) is 0 Å². The molecule has 54 heavy (non-hydrogen) atoms. The minimum atomic E-state index is -0.855. The summed E-state index contributed by atoms with van der Waals surface area (Å²) in [7, 11) is 0. The van der Waals surface area contributed by atoms with E-state index in [1.54, 1.807) is 11.1 Å². The van der Waals surface area contributed by atoms with Gasteiger partial charge in [0.25, 0.3) is 0 Å². The molecule has 2 aliphatic heterocycles. The van der Waals surface area contributed by atoms with Gasteiger partial charge in [-0.2, -0.15) is 0 Å². The van der Waals surface area contributed by atoms with Gasteiger partial charge in [0.05, 0.1) is 23.7 Å². The van der Waals surface area contributed by atoms with E-state index in [4.69, 9.17) is 9.47 Å². The third-order valence-corrected chi connectivity index (χ3v) is 16.9. The maximum Gasteiger partial charge on any atom is 0.329 e. The van der Waals surface area contributed by atoms with Crippen molar-refractivity contribution in [2.75, 3.05) is 19.9 Å². The molecule has 8 rings (SSSR count). The Morgan fingerprint density at radius 2 is 1.09 bits per heavy atom. The molecule has 294 valence electrons. The van der Waals surface area contributed by atoms with Crippen molar-refractivity contribution < 1.29 is 38.2 Å². The summed E-state index contributed by atoms with van der Waals surface area (Å²) in [5.41, 5.74) is 5.99. The second kappa shape index (κ2) is 12.6. The Balaban J connectivity index is 0.858. The van der Waals surface area contributed by atoms with Crippen LogP contribution in [0.15, 0.2) is 22.3 Å². The molecule has 2 saturated carbocycles. The van der Waals surface area contributed by atoms with Crippen molar-refractivity contribution in [1.82, 2.24) is 9.80 Å². The topological polar surface area (TPSA) is 127 Å². The number of fused-ring (bicyclic) bond motifs is 6. The number of hydrogen-bond acceptors (Lipinski definition) is 8. The lowest BCUT2D eigenvalue weighted by Gasteiger charge is -2.60. The largest absolute Gasteiger partial charge is 0.427 e. The van der Waals surface area contributed by atoms with Crippen molar-refractivity contribution in [3.63, 3.8) is 0 Å². The van der Waals surface area contributed by atoms with Crippen LogP contribution in [0.5, 0.6) is 0 Å². The highest BCUT2D eigenvalue weighted by Crippen LogP contribution is 2.68. The first-order chi connectivity index (χ1) is 25.3. The third-order valence-electron chi connectivity index (χ3n) is 16.9. The van der Waals surface area contributed by atoms with Crippen LogP contribution in [0.3, 0.4) is 0 Å². The van der Waals surface area contributed by atoms with Crippen molar-refractivity contribution in [1.29, 1.82) is 0 Å². The zero-order chi connectivity index (χ0) is 38.7. The van der Waals surface area contributed by atoms with Gasteiger partial charge in [0.15, 0.2) is 0 Å². The van der Waals surface area contributed by atoms with Gasteiger partial charge in [0.2, 0.25) is 30.4 Å². The number of rotatable bonds is 6. The first-order valence-electron chi connectivity index (χ1n) is 20.8. The molecular formula is C44H60N2O8. The lowest BCUT2D eigenvalue weighted by molar-refractivity contribution is -0.172. The third kappa shape index (κ3) is 5.52. The number of carbonyl (C=O) groups excluding carboxylic acids is 6. The molecule has 0 radical (unpaired) electrons. The predicted molar refractivity (Wildman–Crippen MR) is 199 cm³/mol. The number of esters is 2. The van der Waals surface area contributed by atoms with Crippen LogP contribution in [0.1, 0.15) is 138 Å². The van der Waals surface area contributed by atoms with Gasteiger partial charge in [0.1, 0.15) is 13.1 Å². The van der Waals surface area contributed by atoms with E-state index in [1.807, 2.05) is 0 Å². The summed E-state index contributed by atoms with van der Waals surface area (Å²) in [6.07, 6.45) is 13.3. The number of likely N-dealkylation sites (tertiary alicyclic amines) is 2. The average Bonchev–Trinajstić information content (AvgIpc) is 3.44. The number of imide groups is 2. The van der Waals surface area contributed by atoms with Gasteiger partial charge in [-0.1, -0.05) is 70.8 Å². The molecule has 0 bridgehead atoms. The number of ether oxygens (including phenoxy) is 2. The first-order valence-corrected chi connectivity index (χ1v) is 20.8. The lowest BCUT2D eigenvalue weighted by Crippen LogP contribution is -2.52. The highest BCUT2D eigenvalue weighted by Gasteiger charge is 2.63. The van der Waals surface area contributed by atoms with Crippen LogP contribution in [0.4, 0.5) is 0 Å². The van der Waals surface area contributed by atoms with E-state index in [0.29, 0.717) is 31.6 Å². The lowest BCUT2D eigenvalue weighted by atomic mass is 9.44. The summed E-state index contributed by atoms with van der Waals surface area (Å²) in [5.74, 6) is -4.49. The smallest absolute Gasteiger partial charge is 0.329 e. The number of hydrogen-bond donors (Lipinski definition) is 0. The molecule has 10 nitrogen and oxygen atoms in total. The molecule has 10 heteroatoms. The van der Waals surface area contributed by atoms with Crippen molar-refractivity contribution in [2.45, 2.75) is 138 Å². The van der Waals surface area contributed by atoms with E-state index in [9.17, 15) is 28.8 Å². The fraction of sp³-hybridized carbons (Fsp3) is 0.773. The fourth-order valence-electron chi connectivity index (χ4n) is 13.5. The summed E-state index contributed by atoms with van der Waals surface area (Å²) < 4.78 is 10.4. The minimum absolute atomic E-state index is 0.110. The number of allylic oxidation sites excluding steroid dienone is 4. The normalized spacial score (nSPS) is 39.4. The van der Waals surface area contributed by atoms with Gasteiger partial charge in [-0.3, -0.25) is 38.6 Å². The number of carbonyl (C=O) groups is 6. The minimum Gasteiger partial charge on any atom is -0.427 e. The second-order valence-electron chi connectivity index (χ2n) is 20.4. The van der Waals surface area contributed by atoms with E-state index >= 15 is 0 Å². The highest BCUT2D eigenvalue weighted by molar-refractivity contribution is 6.08. The van der Waals surface area contributed by atoms with Crippen LogP contribution < -0.4 is 0 Å². The Hall–Kier alpha value is -3.30. The molecule has 4 fully saturated rings. The summed E-state index contributed by atoms with van der Waals surface area (Å²) >= 11 is 0. The molecule has 8 atom stereocenters. The molecule has 0 aromatic heterocycles. The zero-order valence-electron chi connectivity index (χ0n) is 33.6. The van der Waals surface area contributed by atoms with E-state index in [1.165, 1.54) is 24.0 Å². The first kappa shape index (κ1) is 37.6. The van der Waals surface area contributed by atoms with Crippen LogP contribution >= 0.6 is 0 Å². The molecule has 2 heterocycles. The van der Waals surface area contributed by atoms with Crippen LogP contribution in [0.25, 0.3) is 0 Å². The van der Waals surface area contributed by atoms with Crippen LogP contribution in [0.2, 0.25) is 0 Å². The van der Waals surface area contributed by atoms with Crippen molar-refractivity contribution in [2.24, 2.45) is 56.7 Å². The monoisotopic (exact) mass is 744 g/mol. The van der Waals surface area contributed by atoms with Gasteiger partial charge in [-0.25, -0.2) is 0 Å². The van der Waals surface area contributed by atoms with E-state index in [0.717, 1.165) is 61.2 Å². The Labute approximate surface area is 320 Å².